The van der Waals surface area contributed by atoms with E-state index in [-0.39, 0.29) is 17.7 Å². The molecule has 0 aliphatic carbocycles. The third-order valence-corrected chi connectivity index (χ3v) is 3.17. The summed E-state index contributed by atoms with van der Waals surface area (Å²) in [7, 11) is 0. The molecule has 6 nitrogen and oxygen atoms in total. The van der Waals surface area contributed by atoms with Gasteiger partial charge < -0.3 is 10.3 Å². The number of hydrogen-bond donors (Lipinski definition) is 1. The summed E-state index contributed by atoms with van der Waals surface area (Å²) in [5.74, 6) is -1.15. The summed E-state index contributed by atoms with van der Waals surface area (Å²) in [5.41, 5.74) is 5.29. The Labute approximate surface area is 133 Å². The van der Waals surface area contributed by atoms with Gasteiger partial charge in [-0.15, -0.1) is 0 Å². The molecule has 2 N–H and O–H groups in total. The maximum absolute atomic E-state index is 13.0. The molecule has 7 heteroatoms. The normalized spacial score (nSPS) is 11.3. The molecule has 2 aromatic rings. The number of amides is 2. The van der Waals surface area contributed by atoms with E-state index in [0.717, 1.165) is 4.90 Å². The molecule has 1 aromatic carbocycles. The first-order valence-corrected chi connectivity index (χ1v) is 7.01. The van der Waals surface area contributed by atoms with Crippen molar-refractivity contribution in [3.8, 4) is 0 Å². The van der Waals surface area contributed by atoms with Crippen molar-refractivity contribution in [2.24, 2.45) is 5.73 Å². The second-order valence-electron chi connectivity index (χ2n) is 6.16. The number of carbonyl (C=O) groups excluding carboxylic acids is 2. The zero-order valence-electron chi connectivity index (χ0n) is 13.2. The minimum absolute atomic E-state index is 0.0560. The number of anilines is 1. The molecule has 0 fully saturated rings. The van der Waals surface area contributed by atoms with Crippen LogP contribution in [-0.2, 0) is 10.2 Å². The van der Waals surface area contributed by atoms with Crippen LogP contribution >= 0.6 is 0 Å². The Balaban J connectivity index is 2.35. The molecule has 0 saturated carbocycles. The van der Waals surface area contributed by atoms with Gasteiger partial charge in [0.2, 0.25) is 5.91 Å². The average Bonchev–Trinajstić information content (AvgIpc) is 2.95. The number of halogens is 1. The molecule has 23 heavy (non-hydrogen) atoms. The summed E-state index contributed by atoms with van der Waals surface area (Å²) >= 11 is 0. The van der Waals surface area contributed by atoms with Gasteiger partial charge >= 0.3 is 0 Å². The van der Waals surface area contributed by atoms with Crippen LogP contribution in [0.15, 0.2) is 34.9 Å². The maximum Gasteiger partial charge on any atom is 0.280 e. The highest BCUT2D eigenvalue weighted by molar-refractivity contribution is 6.07. The Kier molecular flexibility index (Phi) is 4.49. The van der Waals surface area contributed by atoms with Gasteiger partial charge in [-0.2, -0.15) is 0 Å². The van der Waals surface area contributed by atoms with E-state index in [1.54, 1.807) is 0 Å². The number of aromatic nitrogens is 1. The van der Waals surface area contributed by atoms with Gasteiger partial charge in [0.15, 0.2) is 5.69 Å². The number of nitrogens with two attached hydrogens (primary N) is 1. The topological polar surface area (TPSA) is 89.4 Å². The second kappa shape index (κ2) is 6.20. The SMILES string of the molecule is CC(C)(C)c1cc(C(=O)N(CC(N)=O)c2ccc(F)cc2)no1. The van der Waals surface area contributed by atoms with Gasteiger partial charge in [0.25, 0.3) is 5.91 Å². The summed E-state index contributed by atoms with van der Waals surface area (Å²) < 4.78 is 18.2. The molecule has 0 aliphatic rings. The van der Waals surface area contributed by atoms with Gasteiger partial charge in [0.05, 0.1) is 0 Å². The molecule has 0 bridgehead atoms. The summed E-state index contributed by atoms with van der Waals surface area (Å²) in [6.45, 7) is 5.41. The molecule has 2 rings (SSSR count). The first kappa shape index (κ1) is 16.7. The molecule has 0 aliphatic heterocycles. The number of hydrogen-bond acceptors (Lipinski definition) is 4. The van der Waals surface area contributed by atoms with Crippen LogP contribution in [0.4, 0.5) is 10.1 Å². The third-order valence-electron chi connectivity index (χ3n) is 3.17. The van der Waals surface area contributed by atoms with Crippen LogP contribution in [0.25, 0.3) is 0 Å². The fourth-order valence-corrected chi connectivity index (χ4v) is 1.92. The molecule has 1 aromatic heterocycles. The lowest BCUT2D eigenvalue weighted by Crippen LogP contribution is -2.38. The Morgan fingerprint density at radius 2 is 1.87 bits per heavy atom. The van der Waals surface area contributed by atoms with E-state index in [0.29, 0.717) is 11.4 Å². The van der Waals surface area contributed by atoms with E-state index >= 15 is 0 Å². The highest BCUT2D eigenvalue weighted by Crippen LogP contribution is 2.24. The Morgan fingerprint density at radius 3 is 2.35 bits per heavy atom. The second-order valence-corrected chi connectivity index (χ2v) is 6.16. The Hall–Kier alpha value is -2.70. The van der Waals surface area contributed by atoms with E-state index in [1.165, 1.54) is 30.3 Å². The van der Waals surface area contributed by atoms with Crippen molar-refractivity contribution >= 4 is 17.5 Å². The molecule has 0 radical (unpaired) electrons. The van der Waals surface area contributed by atoms with Gasteiger partial charge in [-0.1, -0.05) is 25.9 Å². The van der Waals surface area contributed by atoms with Gasteiger partial charge in [0.1, 0.15) is 18.1 Å². The highest BCUT2D eigenvalue weighted by atomic mass is 19.1. The zero-order valence-corrected chi connectivity index (χ0v) is 13.2. The van der Waals surface area contributed by atoms with Gasteiger partial charge in [-0.25, -0.2) is 4.39 Å². The molecule has 122 valence electrons. The van der Waals surface area contributed by atoms with Crippen molar-refractivity contribution in [2.45, 2.75) is 26.2 Å². The standard InChI is InChI=1S/C16H18FN3O3/c1-16(2,3)13-8-12(19-23-13)15(22)20(9-14(18)21)11-6-4-10(17)5-7-11/h4-8H,9H2,1-3H3,(H2,18,21). The summed E-state index contributed by atoms with van der Waals surface area (Å²) in [4.78, 5) is 25.0. The van der Waals surface area contributed by atoms with E-state index in [1.807, 2.05) is 20.8 Å². The lowest BCUT2D eigenvalue weighted by molar-refractivity contribution is -0.116. The number of benzene rings is 1. The van der Waals surface area contributed by atoms with Crippen LogP contribution in [0.5, 0.6) is 0 Å². The quantitative estimate of drug-likeness (QED) is 0.936. The fraction of sp³-hybridized carbons (Fsp3) is 0.312. The molecule has 1 heterocycles. The van der Waals surface area contributed by atoms with Crippen molar-refractivity contribution in [1.29, 1.82) is 0 Å². The molecular weight excluding hydrogens is 301 g/mol. The fourth-order valence-electron chi connectivity index (χ4n) is 1.92. The monoisotopic (exact) mass is 319 g/mol. The largest absolute Gasteiger partial charge is 0.368 e. The van der Waals surface area contributed by atoms with Gasteiger partial charge in [-0.3, -0.25) is 14.5 Å². The molecule has 2 amide bonds. The predicted molar refractivity (Wildman–Crippen MR) is 82.5 cm³/mol. The number of carbonyl (C=O) groups is 2. The highest BCUT2D eigenvalue weighted by Gasteiger charge is 2.26. The van der Waals surface area contributed by atoms with E-state index < -0.39 is 17.6 Å². The molecular formula is C16H18FN3O3. The predicted octanol–water partition coefficient (Wildman–Crippen LogP) is 2.24. The van der Waals surface area contributed by atoms with Crippen molar-refractivity contribution in [1.82, 2.24) is 5.16 Å². The summed E-state index contributed by atoms with van der Waals surface area (Å²) in [6, 6.07) is 6.70. The minimum Gasteiger partial charge on any atom is -0.368 e. The molecule has 0 unspecified atom stereocenters. The van der Waals surface area contributed by atoms with Crippen LogP contribution in [0, 0.1) is 5.82 Å². The number of primary amides is 1. The first-order chi connectivity index (χ1) is 10.7. The summed E-state index contributed by atoms with van der Waals surface area (Å²) in [5, 5.41) is 3.76. The number of nitrogens with zero attached hydrogens (tertiary/aromatic N) is 2. The Morgan fingerprint density at radius 1 is 1.26 bits per heavy atom. The van der Waals surface area contributed by atoms with Crippen LogP contribution in [0.1, 0.15) is 37.0 Å². The van der Waals surface area contributed by atoms with Crippen molar-refractivity contribution in [3.05, 3.63) is 47.6 Å². The molecule has 0 saturated heterocycles. The minimum atomic E-state index is -0.692. The lowest BCUT2D eigenvalue weighted by Gasteiger charge is -2.20. The van der Waals surface area contributed by atoms with Crippen molar-refractivity contribution in [3.63, 3.8) is 0 Å². The van der Waals surface area contributed by atoms with Crippen LogP contribution in [0.3, 0.4) is 0 Å². The van der Waals surface area contributed by atoms with Crippen LogP contribution in [-0.4, -0.2) is 23.5 Å². The van der Waals surface area contributed by atoms with Crippen LogP contribution < -0.4 is 10.6 Å². The smallest absolute Gasteiger partial charge is 0.280 e. The molecule has 0 spiro atoms. The van der Waals surface area contributed by atoms with Gasteiger partial charge in [0, 0.05) is 17.2 Å². The van der Waals surface area contributed by atoms with Crippen molar-refractivity contribution in [2.75, 3.05) is 11.4 Å². The van der Waals surface area contributed by atoms with Crippen molar-refractivity contribution < 1.29 is 18.5 Å². The van der Waals surface area contributed by atoms with E-state index in [2.05, 4.69) is 5.16 Å². The van der Waals surface area contributed by atoms with E-state index in [4.69, 9.17) is 10.3 Å². The first-order valence-electron chi connectivity index (χ1n) is 7.01. The maximum atomic E-state index is 13.0. The Bertz CT molecular complexity index is 717. The average molecular weight is 319 g/mol. The number of rotatable bonds is 4. The third kappa shape index (κ3) is 3.94. The van der Waals surface area contributed by atoms with E-state index in [9.17, 15) is 14.0 Å². The van der Waals surface area contributed by atoms with Crippen LogP contribution in [0.2, 0.25) is 0 Å². The lowest BCUT2D eigenvalue weighted by atomic mass is 9.93. The zero-order chi connectivity index (χ0) is 17.2. The van der Waals surface area contributed by atoms with Gasteiger partial charge in [-0.05, 0) is 24.3 Å². The summed E-state index contributed by atoms with van der Waals surface area (Å²) in [6.07, 6.45) is 0. The molecule has 0 atom stereocenters.